The van der Waals surface area contributed by atoms with Crippen molar-refractivity contribution in [1.29, 1.82) is 0 Å². The first-order valence-electron chi connectivity index (χ1n) is 7.18. The van der Waals surface area contributed by atoms with Gasteiger partial charge in [-0.1, -0.05) is 11.6 Å². The first-order valence-corrected chi connectivity index (χ1v) is 9.04. The van der Waals surface area contributed by atoms with Crippen LogP contribution >= 0.6 is 11.6 Å². The molecular formula is C16H14ClF3N2O3S. The molecule has 26 heavy (non-hydrogen) atoms. The van der Waals surface area contributed by atoms with E-state index in [1.165, 1.54) is 25.1 Å². The Balaban J connectivity index is 2.41. The van der Waals surface area contributed by atoms with Crippen LogP contribution in [0.2, 0.25) is 5.02 Å². The summed E-state index contributed by atoms with van der Waals surface area (Å²) in [5.41, 5.74) is -0.986. The molecule has 0 aliphatic carbocycles. The second-order valence-corrected chi connectivity index (χ2v) is 7.57. The van der Waals surface area contributed by atoms with Crippen LogP contribution in [0.25, 0.3) is 0 Å². The lowest BCUT2D eigenvalue weighted by Crippen LogP contribution is -2.17. The number of carbonyl (C=O) groups is 1. The summed E-state index contributed by atoms with van der Waals surface area (Å²) in [5, 5.41) is 2.35. The van der Waals surface area contributed by atoms with Crippen LogP contribution in [0.3, 0.4) is 0 Å². The van der Waals surface area contributed by atoms with Gasteiger partial charge in [0.15, 0.2) is 0 Å². The van der Waals surface area contributed by atoms with Gasteiger partial charge in [-0.25, -0.2) is 8.42 Å². The Bertz CT molecular complexity index is 960. The third kappa shape index (κ3) is 4.67. The van der Waals surface area contributed by atoms with Crippen LogP contribution in [0.1, 0.15) is 18.1 Å². The average molecular weight is 407 g/mol. The summed E-state index contributed by atoms with van der Waals surface area (Å²) in [6, 6.07) is 6.53. The Morgan fingerprint density at radius 1 is 1.08 bits per heavy atom. The van der Waals surface area contributed by atoms with Gasteiger partial charge in [0.2, 0.25) is 5.91 Å². The fourth-order valence-corrected chi connectivity index (χ4v) is 3.51. The fraction of sp³-hybridized carbons (Fsp3) is 0.188. The number of sulfonamides is 1. The number of aryl methyl sites for hydroxylation is 1. The van der Waals surface area contributed by atoms with E-state index in [2.05, 4.69) is 5.32 Å². The molecule has 0 heterocycles. The van der Waals surface area contributed by atoms with Crippen molar-refractivity contribution in [2.24, 2.45) is 0 Å². The summed E-state index contributed by atoms with van der Waals surface area (Å²) in [5.74, 6) is -0.335. The van der Waals surface area contributed by atoms with Gasteiger partial charge in [0.05, 0.1) is 16.1 Å². The Hall–Kier alpha value is -2.26. The molecule has 0 aliphatic rings. The van der Waals surface area contributed by atoms with Crippen molar-refractivity contribution in [1.82, 2.24) is 0 Å². The van der Waals surface area contributed by atoms with Crippen molar-refractivity contribution in [3.8, 4) is 0 Å². The SMILES string of the molecule is CC(=O)Nc1ccc(S(=O)(=O)Nc2ccc(Cl)cc2C(F)(F)F)cc1C. The number of hydrogen-bond acceptors (Lipinski definition) is 3. The molecule has 140 valence electrons. The van der Waals surface area contributed by atoms with Crippen LogP contribution in [0.4, 0.5) is 24.5 Å². The zero-order valence-electron chi connectivity index (χ0n) is 13.6. The molecule has 2 aromatic carbocycles. The first kappa shape index (κ1) is 20.1. The van der Waals surface area contributed by atoms with Crippen LogP contribution in [0.15, 0.2) is 41.3 Å². The number of benzene rings is 2. The highest BCUT2D eigenvalue weighted by Crippen LogP contribution is 2.37. The van der Waals surface area contributed by atoms with Gasteiger partial charge >= 0.3 is 6.18 Å². The Labute approximate surface area is 153 Å². The molecule has 5 nitrogen and oxygen atoms in total. The lowest BCUT2D eigenvalue weighted by atomic mass is 10.2. The predicted molar refractivity (Wildman–Crippen MR) is 92.7 cm³/mol. The molecule has 0 aliphatic heterocycles. The molecule has 0 saturated carbocycles. The number of amides is 1. The number of alkyl halides is 3. The summed E-state index contributed by atoms with van der Waals surface area (Å²) >= 11 is 5.58. The van der Waals surface area contributed by atoms with Gasteiger partial charge in [0, 0.05) is 17.6 Å². The molecule has 0 atom stereocenters. The van der Waals surface area contributed by atoms with E-state index < -0.39 is 27.5 Å². The second kappa shape index (κ2) is 7.16. The van der Waals surface area contributed by atoms with Crippen molar-refractivity contribution in [3.05, 3.63) is 52.5 Å². The van der Waals surface area contributed by atoms with E-state index in [0.29, 0.717) is 17.3 Å². The van der Waals surface area contributed by atoms with E-state index in [9.17, 15) is 26.4 Å². The van der Waals surface area contributed by atoms with Crippen molar-refractivity contribution >= 4 is 38.9 Å². The van der Waals surface area contributed by atoms with Crippen LogP contribution in [-0.4, -0.2) is 14.3 Å². The van der Waals surface area contributed by atoms with Gasteiger partial charge in [0.1, 0.15) is 0 Å². The number of halogens is 4. The van der Waals surface area contributed by atoms with Gasteiger partial charge in [-0.15, -0.1) is 0 Å². The van der Waals surface area contributed by atoms with Gasteiger partial charge < -0.3 is 5.32 Å². The number of carbonyl (C=O) groups excluding carboxylic acids is 1. The van der Waals surface area contributed by atoms with Gasteiger partial charge in [-0.2, -0.15) is 13.2 Å². The van der Waals surface area contributed by atoms with Gasteiger partial charge in [-0.05, 0) is 48.9 Å². The molecule has 0 aromatic heterocycles. The van der Waals surface area contributed by atoms with E-state index in [-0.39, 0.29) is 15.8 Å². The molecule has 2 rings (SSSR count). The Kier molecular flexibility index (Phi) is 5.52. The molecule has 0 unspecified atom stereocenters. The lowest BCUT2D eigenvalue weighted by molar-refractivity contribution is -0.136. The summed E-state index contributed by atoms with van der Waals surface area (Å²) in [4.78, 5) is 10.8. The summed E-state index contributed by atoms with van der Waals surface area (Å²) < 4.78 is 66.2. The molecule has 10 heteroatoms. The van der Waals surface area contributed by atoms with Crippen LogP contribution in [-0.2, 0) is 21.0 Å². The van der Waals surface area contributed by atoms with Gasteiger partial charge in [-0.3, -0.25) is 9.52 Å². The maximum absolute atomic E-state index is 13.1. The van der Waals surface area contributed by atoms with Crippen LogP contribution < -0.4 is 10.0 Å². The fourth-order valence-electron chi connectivity index (χ4n) is 2.18. The highest BCUT2D eigenvalue weighted by Gasteiger charge is 2.35. The van der Waals surface area contributed by atoms with Gasteiger partial charge in [0.25, 0.3) is 10.0 Å². The van der Waals surface area contributed by atoms with Crippen LogP contribution in [0, 0.1) is 6.92 Å². The topological polar surface area (TPSA) is 75.3 Å². The van der Waals surface area contributed by atoms with E-state index in [4.69, 9.17) is 11.6 Å². The largest absolute Gasteiger partial charge is 0.418 e. The molecule has 2 aromatic rings. The minimum Gasteiger partial charge on any atom is -0.326 e. The van der Waals surface area contributed by atoms with Crippen molar-refractivity contribution in [3.63, 3.8) is 0 Å². The summed E-state index contributed by atoms with van der Waals surface area (Å²) in [6.45, 7) is 2.86. The standard InChI is InChI=1S/C16H14ClF3N2O3S/c1-9-7-12(4-6-14(9)21-10(2)23)26(24,25)22-15-5-3-11(17)8-13(15)16(18,19)20/h3-8,22H,1-2H3,(H,21,23). The van der Waals surface area contributed by atoms with Crippen molar-refractivity contribution < 1.29 is 26.4 Å². The third-order valence-corrected chi connectivity index (χ3v) is 4.95. The molecule has 0 fully saturated rings. The predicted octanol–water partition coefficient (Wildman–Crippen LogP) is 4.43. The molecule has 0 saturated heterocycles. The maximum Gasteiger partial charge on any atom is 0.418 e. The van der Waals surface area contributed by atoms with E-state index in [1.807, 2.05) is 4.72 Å². The zero-order valence-corrected chi connectivity index (χ0v) is 15.2. The van der Waals surface area contributed by atoms with E-state index >= 15 is 0 Å². The number of hydrogen-bond donors (Lipinski definition) is 2. The second-order valence-electron chi connectivity index (χ2n) is 5.45. The summed E-state index contributed by atoms with van der Waals surface area (Å²) in [7, 11) is -4.28. The maximum atomic E-state index is 13.1. The normalized spacial score (nSPS) is 11.9. The zero-order chi connectivity index (χ0) is 19.7. The number of rotatable bonds is 4. The average Bonchev–Trinajstić information content (AvgIpc) is 2.49. The molecule has 0 radical (unpaired) electrons. The van der Waals surface area contributed by atoms with E-state index in [0.717, 1.165) is 12.1 Å². The summed E-state index contributed by atoms with van der Waals surface area (Å²) in [6.07, 6.45) is -4.78. The molecule has 0 bridgehead atoms. The smallest absolute Gasteiger partial charge is 0.326 e. The molecule has 1 amide bonds. The van der Waals surface area contributed by atoms with Crippen molar-refractivity contribution in [2.45, 2.75) is 24.9 Å². The Morgan fingerprint density at radius 3 is 2.23 bits per heavy atom. The minimum atomic E-state index is -4.78. The monoisotopic (exact) mass is 406 g/mol. The number of anilines is 2. The number of nitrogens with one attached hydrogen (secondary N) is 2. The molecule has 2 N–H and O–H groups in total. The highest BCUT2D eigenvalue weighted by molar-refractivity contribution is 7.92. The quantitative estimate of drug-likeness (QED) is 0.788. The highest BCUT2D eigenvalue weighted by atomic mass is 35.5. The minimum absolute atomic E-state index is 0.171. The van der Waals surface area contributed by atoms with Crippen molar-refractivity contribution in [2.75, 3.05) is 10.0 Å². The molecule has 0 spiro atoms. The first-order chi connectivity index (χ1) is 11.9. The van der Waals surface area contributed by atoms with Crippen LogP contribution in [0.5, 0.6) is 0 Å². The lowest BCUT2D eigenvalue weighted by Gasteiger charge is -2.16. The third-order valence-electron chi connectivity index (χ3n) is 3.35. The molecular weight excluding hydrogens is 393 g/mol. The van der Waals surface area contributed by atoms with E-state index in [1.54, 1.807) is 6.92 Å². The Morgan fingerprint density at radius 2 is 1.69 bits per heavy atom.